The van der Waals surface area contributed by atoms with Crippen LogP contribution in [0.3, 0.4) is 0 Å². The number of aryl methyl sites for hydroxylation is 4. The Hall–Kier alpha value is -3.02. The van der Waals surface area contributed by atoms with Crippen molar-refractivity contribution >= 4 is 11.8 Å². The molecule has 0 atom stereocenters. The number of hydrazine groups is 1. The van der Waals surface area contributed by atoms with Crippen LogP contribution in [0.1, 0.15) is 48.9 Å². The van der Waals surface area contributed by atoms with Crippen molar-refractivity contribution in [1.82, 2.24) is 10.9 Å². The molecule has 0 aliphatic carbocycles. The Labute approximate surface area is 185 Å². The van der Waals surface area contributed by atoms with E-state index < -0.39 is 11.3 Å². The summed E-state index contributed by atoms with van der Waals surface area (Å²) >= 11 is 0. The van der Waals surface area contributed by atoms with E-state index in [0.29, 0.717) is 18.8 Å². The molecule has 2 N–H and O–H groups in total. The summed E-state index contributed by atoms with van der Waals surface area (Å²) in [5.74, 6) is 0.857. The lowest BCUT2D eigenvalue weighted by molar-refractivity contribution is -0.135. The monoisotopic (exact) mass is 426 g/mol. The van der Waals surface area contributed by atoms with E-state index in [1.165, 1.54) is 0 Å². The smallest absolute Gasteiger partial charge is 0.276 e. The van der Waals surface area contributed by atoms with Crippen molar-refractivity contribution < 1.29 is 19.1 Å². The molecule has 0 unspecified atom stereocenters. The number of hydrogen-bond donors (Lipinski definition) is 2. The molecule has 168 valence electrons. The van der Waals surface area contributed by atoms with Crippen LogP contribution in [0, 0.1) is 33.1 Å². The van der Waals surface area contributed by atoms with Gasteiger partial charge in [0.1, 0.15) is 11.5 Å². The van der Waals surface area contributed by atoms with Gasteiger partial charge in [0, 0.05) is 5.41 Å². The maximum absolute atomic E-state index is 12.5. The van der Waals surface area contributed by atoms with Crippen molar-refractivity contribution in [3.05, 3.63) is 58.7 Å². The standard InChI is InChI=1S/C25H34N2O4/c1-17-9-11-21(20(4)14-17)31-16-23(28)26-27-24(29)25(5,6)12-7-13-30-22-15-18(2)8-10-19(22)3/h8-11,14-15H,7,12-13,16H2,1-6H3,(H,26,28)(H,27,29). The van der Waals surface area contributed by atoms with Crippen LogP contribution in [0.5, 0.6) is 11.5 Å². The molecule has 0 heterocycles. The largest absolute Gasteiger partial charge is 0.493 e. The predicted molar refractivity (Wildman–Crippen MR) is 122 cm³/mol. The molecule has 0 aliphatic heterocycles. The number of ether oxygens (including phenoxy) is 2. The second-order valence-electron chi connectivity index (χ2n) is 8.66. The molecule has 0 radical (unpaired) electrons. The van der Waals surface area contributed by atoms with Gasteiger partial charge in [-0.15, -0.1) is 0 Å². The van der Waals surface area contributed by atoms with Gasteiger partial charge in [0.2, 0.25) is 5.91 Å². The zero-order valence-corrected chi connectivity index (χ0v) is 19.4. The van der Waals surface area contributed by atoms with Crippen LogP contribution >= 0.6 is 0 Å². The third-order valence-corrected chi connectivity index (χ3v) is 5.17. The normalized spacial score (nSPS) is 11.0. The van der Waals surface area contributed by atoms with E-state index in [1.54, 1.807) is 0 Å². The van der Waals surface area contributed by atoms with Gasteiger partial charge in [-0.25, -0.2) is 0 Å². The Morgan fingerprint density at radius 2 is 1.52 bits per heavy atom. The molecule has 2 aromatic rings. The van der Waals surface area contributed by atoms with Gasteiger partial charge in [0.25, 0.3) is 5.91 Å². The molecular weight excluding hydrogens is 392 g/mol. The quantitative estimate of drug-likeness (QED) is 0.462. The van der Waals surface area contributed by atoms with Crippen molar-refractivity contribution in [2.75, 3.05) is 13.2 Å². The number of benzene rings is 2. The Morgan fingerprint density at radius 3 is 2.23 bits per heavy atom. The SMILES string of the molecule is Cc1ccc(OCC(=O)NNC(=O)C(C)(C)CCCOc2cc(C)ccc2C)c(C)c1. The second-order valence-corrected chi connectivity index (χ2v) is 8.66. The highest BCUT2D eigenvalue weighted by Crippen LogP contribution is 2.24. The summed E-state index contributed by atoms with van der Waals surface area (Å²) in [5, 5.41) is 0. The summed E-state index contributed by atoms with van der Waals surface area (Å²) < 4.78 is 11.4. The van der Waals surface area contributed by atoms with E-state index in [1.807, 2.05) is 71.9 Å². The lowest BCUT2D eigenvalue weighted by Gasteiger charge is -2.23. The highest BCUT2D eigenvalue weighted by molar-refractivity contribution is 5.85. The molecule has 2 aromatic carbocycles. The van der Waals surface area contributed by atoms with Crippen LogP contribution in [0.2, 0.25) is 0 Å². The summed E-state index contributed by atoms with van der Waals surface area (Å²) in [5.41, 5.74) is 8.61. The van der Waals surface area contributed by atoms with E-state index in [4.69, 9.17) is 9.47 Å². The van der Waals surface area contributed by atoms with Gasteiger partial charge in [-0.3, -0.25) is 20.4 Å². The van der Waals surface area contributed by atoms with Crippen LogP contribution in [0.25, 0.3) is 0 Å². The fourth-order valence-corrected chi connectivity index (χ4v) is 3.11. The molecule has 6 nitrogen and oxygen atoms in total. The van der Waals surface area contributed by atoms with E-state index in [9.17, 15) is 9.59 Å². The fraction of sp³-hybridized carbons (Fsp3) is 0.440. The first-order valence-electron chi connectivity index (χ1n) is 10.6. The molecule has 0 bridgehead atoms. The Balaban J connectivity index is 1.71. The van der Waals surface area contributed by atoms with Gasteiger partial charge in [-0.1, -0.05) is 43.7 Å². The third-order valence-electron chi connectivity index (χ3n) is 5.17. The fourth-order valence-electron chi connectivity index (χ4n) is 3.11. The van der Waals surface area contributed by atoms with Crippen LogP contribution in [0.4, 0.5) is 0 Å². The lowest BCUT2D eigenvalue weighted by atomic mass is 9.87. The average Bonchev–Trinajstić information content (AvgIpc) is 2.71. The van der Waals surface area contributed by atoms with Gasteiger partial charge in [0.15, 0.2) is 6.61 Å². The van der Waals surface area contributed by atoms with Gasteiger partial charge in [0.05, 0.1) is 6.61 Å². The molecule has 0 aromatic heterocycles. The van der Waals surface area contributed by atoms with Crippen molar-refractivity contribution in [2.24, 2.45) is 5.41 Å². The molecule has 0 saturated carbocycles. The minimum absolute atomic E-state index is 0.172. The number of carbonyl (C=O) groups excluding carboxylic acids is 2. The number of rotatable bonds is 9. The molecule has 2 amide bonds. The van der Waals surface area contributed by atoms with Crippen molar-refractivity contribution in [1.29, 1.82) is 0 Å². The summed E-state index contributed by atoms with van der Waals surface area (Å²) in [6, 6.07) is 11.9. The Morgan fingerprint density at radius 1 is 0.839 bits per heavy atom. The Bertz CT molecular complexity index is 922. The topological polar surface area (TPSA) is 76.7 Å². The van der Waals surface area contributed by atoms with Crippen molar-refractivity contribution in [3.8, 4) is 11.5 Å². The van der Waals surface area contributed by atoms with Crippen LogP contribution < -0.4 is 20.3 Å². The van der Waals surface area contributed by atoms with E-state index >= 15 is 0 Å². The Kier molecular flexibility index (Phi) is 8.48. The van der Waals surface area contributed by atoms with Gasteiger partial charge in [-0.05, 0) is 69.4 Å². The van der Waals surface area contributed by atoms with Crippen LogP contribution in [0.15, 0.2) is 36.4 Å². The first kappa shape index (κ1) is 24.3. The maximum atomic E-state index is 12.5. The third kappa shape index (κ3) is 7.63. The summed E-state index contributed by atoms with van der Waals surface area (Å²) in [6.45, 7) is 12.0. The van der Waals surface area contributed by atoms with E-state index in [-0.39, 0.29) is 12.5 Å². The highest BCUT2D eigenvalue weighted by atomic mass is 16.5. The first-order valence-corrected chi connectivity index (χ1v) is 10.6. The maximum Gasteiger partial charge on any atom is 0.276 e. The lowest BCUT2D eigenvalue weighted by Crippen LogP contribution is -2.49. The van der Waals surface area contributed by atoms with E-state index in [0.717, 1.165) is 34.4 Å². The number of nitrogens with one attached hydrogen (secondary N) is 2. The van der Waals surface area contributed by atoms with Gasteiger partial charge < -0.3 is 9.47 Å². The number of hydrogen-bond acceptors (Lipinski definition) is 4. The summed E-state index contributed by atoms with van der Waals surface area (Å²) in [7, 11) is 0. The summed E-state index contributed by atoms with van der Waals surface area (Å²) in [4.78, 5) is 24.5. The molecule has 0 saturated heterocycles. The molecule has 0 spiro atoms. The molecule has 6 heteroatoms. The number of amides is 2. The molecular formula is C25H34N2O4. The average molecular weight is 427 g/mol. The number of carbonyl (C=O) groups is 2. The second kappa shape index (κ2) is 10.8. The predicted octanol–water partition coefficient (Wildman–Crippen LogP) is 4.33. The van der Waals surface area contributed by atoms with Crippen molar-refractivity contribution in [2.45, 2.75) is 54.4 Å². The molecule has 31 heavy (non-hydrogen) atoms. The van der Waals surface area contributed by atoms with Crippen LogP contribution in [-0.4, -0.2) is 25.0 Å². The minimum atomic E-state index is -0.646. The summed E-state index contributed by atoms with van der Waals surface area (Å²) in [6.07, 6.45) is 1.34. The van der Waals surface area contributed by atoms with Crippen LogP contribution in [-0.2, 0) is 9.59 Å². The molecule has 0 fully saturated rings. The zero-order valence-electron chi connectivity index (χ0n) is 19.4. The van der Waals surface area contributed by atoms with Gasteiger partial charge >= 0.3 is 0 Å². The molecule has 2 rings (SSSR count). The highest BCUT2D eigenvalue weighted by Gasteiger charge is 2.27. The minimum Gasteiger partial charge on any atom is -0.493 e. The van der Waals surface area contributed by atoms with E-state index in [2.05, 4.69) is 16.9 Å². The zero-order chi connectivity index (χ0) is 23.0. The van der Waals surface area contributed by atoms with Gasteiger partial charge in [-0.2, -0.15) is 0 Å². The molecule has 0 aliphatic rings. The van der Waals surface area contributed by atoms with Crippen molar-refractivity contribution in [3.63, 3.8) is 0 Å². The first-order chi connectivity index (χ1) is 14.6.